The molecule has 0 aliphatic carbocycles. The summed E-state index contributed by atoms with van der Waals surface area (Å²) in [7, 11) is 3.46. The highest BCUT2D eigenvalue weighted by molar-refractivity contribution is 6.31. The fourth-order valence-corrected chi connectivity index (χ4v) is 2.17. The molecule has 0 saturated heterocycles. The number of aromatic nitrogens is 3. The van der Waals surface area contributed by atoms with Crippen LogP contribution in [0.15, 0.2) is 16.7 Å². The lowest BCUT2D eigenvalue weighted by molar-refractivity contribution is -0.125. The molecule has 112 valence electrons. The highest BCUT2D eigenvalue weighted by Crippen LogP contribution is 2.20. The molecule has 2 heterocycles. The normalized spacial score (nSPS) is 11.3. The molecule has 0 atom stereocenters. The first-order valence-electron chi connectivity index (χ1n) is 6.43. The van der Waals surface area contributed by atoms with E-state index in [4.69, 9.17) is 16.1 Å². The molecule has 0 saturated carbocycles. The molecule has 2 aromatic rings. The van der Waals surface area contributed by atoms with E-state index in [-0.39, 0.29) is 5.91 Å². The van der Waals surface area contributed by atoms with Gasteiger partial charge in [-0.05, 0) is 19.9 Å². The van der Waals surface area contributed by atoms with E-state index in [2.05, 4.69) is 10.3 Å². The molecule has 0 aliphatic heterocycles. The highest BCUT2D eigenvalue weighted by atomic mass is 35.5. The zero-order chi connectivity index (χ0) is 15.6. The lowest BCUT2D eigenvalue weighted by Gasteiger charge is -2.12. The number of likely N-dealkylation sites (N-methyl/N-ethyl adjacent to an activating group) is 1. The predicted molar refractivity (Wildman–Crippen MR) is 79.7 cm³/mol. The molecular weight excluding hydrogens is 292 g/mol. The summed E-state index contributed by atoms with van der Waals surface area (Å²) in [5, 5.41) is 8.56. The average molecular weight is 309 g/mol. The van der Waals surface area contributed by atoms with Crippen LogP contribution >= 0.6 is 11.6 Å². The van der Waals surface area contributed by atoms with Gasteiger partial charge >= 0.3 is 0 Å². The lowest BCUT2D eigenvalue weighted by Crippen LogP contribution is -2.24. The van der Waals surface area contributed by atoms with Gasteiger partial charge in [0.1, 0.15) is 16.6 Å². The van der Waals surface area contributed by atoms with E-state index in [9.17, 15) is 4.79 Å². The summed E-state index contributed by atoms with van der Waals surface area (Å²) in [6.07, 6.45) is 3.15. The largest absolute Gasteiger partial charge is 0.361 e. The van der Waals surface area contributed by atoms with Gasteiger partial charge in [0.15, 0.2) is 0 Å². The third kappa shape index (κ3) is 3.52. The second-order valence-electron chi connectivity index (χ2n) is 4.87. The van der Waals surface area contributed by atoms with Crippen molar-refractivity contribution >= 4 is 23.6 Å². The van der Waals surface area contributed by atoms with Crippen molar-refractivity contribution in [3.8, 4) is 0 Å². The summed E-state index contributed by atoms with van der Waals surface area (Å²) in [6, 6.07) is 1.80. The van der Waals surface area contributed by atoms with Crippen LogP contribution in [0.2, 0.25) is 5.15 Å². The molecule has 0 spiro atoms. The lowest BCUT2D eigenvalue weighted by atomic mass is 10.2. The number of hydrogen-bond donors (Lipinski definition) is 0. The van der Waals surface area contributed by atoms with Crippen LogP contribution in [0.3, 0.4) is 0 Å². The Morgan fingerprint density at radius 1 is 1.52 bits per heavy atom. The Kier molecular flexibility index (Phi) is 4.47. The highest BCUT2D eigenvalue weighted by Gasteiger charge is 2.11. The van der Waals surface area contributed by atoms with Gasteiger partial charge in [0, 0.05) is 31.8 Å². The Balaban J connectivity index is 2.04. The molecule has 6 nitrogen and oxygen atoms in total. The van der Waals surface area contributed by atoms with Gasteiger partial charge < -0.3 is 9.42 Å². The topological polar surface area (TPSA) is 64.2 Å². The summed E-state index contributed by atoms with van der Waals surface area (Å²) < 4.78 is 6.55. The number of nitrogens with zero attached hydrogens (tertiary/aromatic N) is 4. The molecule has 7 heteroatoms. The molecule has 0 bridgehead atoms. The van der Waals surface area contributed by atoms with Crippen molar-refractivity contribution in [2.45, 2.75) is 20.4 Å². The van der Waals surface area contributed by atoms with Crippen molar-refractivity contribution in [3.63, 3.8) is 0 Å². The van der Waals surface area contributed by atoms with E-state index < -0.39 is 0 Å². The van der Waals surface area contributed by atoms with Crippen LogP contribution in [-0.2, 0) is 18.4 Å². The van der Waals surface area contributed by atoms with Crippen molar-refractivity contribution in [1.82, 2.24) is 19.8 Å². The monoisotopic (exact) mass is 308 g/mol. The van der Waals surface area contributed by atoms with Gasteiger partial charge in [-0.15, -0.1) is 0 Å². The van der Waals surface area contributed by atoms with Crippen LogP contribution in [0.25, 0.3) is 6.08 Å². The predicted octanol–water partition coefficient (Wildman–Crippen LogP) is 2.35. The maximum Gasteiger partial charge on any atom is 0.246 e. The molecule has 2 rings (SSSR count). The van der Waals surface area contributed by atoms with Crippen molar-refractivity contribution in [3.05, 3.63) is 40.0 Å². The maximum absolute atomic E-state index is 12.1. The van der Waals surface area contributed by atoms with Gasteiger partial charge in [0.05, 0.1) is 12.2 Å². The zero-order valence-corrected chi connectivity index (χ0v) is 13.2. The number of carbonyl (C=O) groups is 1. The average Bonchev–Trinajstić information content (AvgIpc) is 2.92. The zero-order valence-electron chi connectivity index (χ0n) is 12.4. The second-order valence-corrected chi connectivity index (χ2v) is 5.23. The molecule has 0 radical (unpaired) electrons. The maximum atomic E-state index is 12.1. The summed E-state index contributed by atoms with van der Waals surface area (Å²) in [4.78, 5) is 13.6. The quantitative estimate of drug-likeness (QED) is 0.813. The third-order valence-corrected chi connectivity index (χ3v) is 3.49. The summed E-state index contributed by atoms with van der Waals surface area (Å²) in [5.74, 6) is 0.578. The van der Waals surface area contributed by atoms with Crippen molar-refractivity contribution < 1.29 is 9.32 Å². The molecule has 0 aliphatic rings. The van der Waals surface area contributed by atoms with Gasteiger partial charge in [-0.3, -0.25) is 9.48 Å². The number of amides is 1. The van der Waals surface area contributed by atoms with Crippen molar-refractivity contribution in [2.24, 2.45) is 7.05 Å². The van der Waals surface area contributed by atoms with E-state index in [1.165, 1.54) is 6.08 Å². The van der Waals surface area contributed by atoms with E-state index in [0.29, 0.717) is 17.4 Å². The van der Waals surface area contributed by atoms with Gasteiger partial charge in [0.2, 0.25) is 5.91 Å². The Hall–Kier alpha value is -2.08. The van der Waals surface area contributed by atoms with Gasteiger partial charge in [-0.25, -0.2) is 0 Å². The first-order valence-corrected chi connectivity index (χ1v) is 6.80. The number of hydrogen-bond acceptors (Lipinski definition) is 4. The Morgan fingerprint density at radius 2 is 2.24 bits per heavy atom. The molecule has 0 unspecified atom stereocenters. The molecule has 21 heavy (non-hydrogen) atoms. The SMILES string of the molecule is Cc1cc(CN(C)C(=O)C=Cc2c(C)nn(C)c2Cl)no1. The Labute approximate surface area is 128 Å². The minimum Gasteiger partial charge on any atom is -0.361 e. The van der Waals surface area contributed by atoms with Gasteiger partial charge in [-0.2, -0.15) is 5.10 Å². The van der Waals surface area contributed by atoms with Gasteiger partial charge in [0.25, 0.3) is 0 Å². The van der Waals surface area contributed by atoms with Crippen molar-refractivity contribution in [1.29, 1.82) is 0 Å². The number of halogens is 1. The minimum atomic E-state index is -0.144. The van der Waals surface area contributed by atoms with E-state index in [0.717, 1.165) is 17.0 Å². The number of aryl methyl sites for hydroxylation is 3. The number of rotatable bonds is 4. The molecule has 0 N–H and O–H groups in total. The standard InChI is InChI=1S/C14H17ClN4O2/c1-9-7-11(17-21-9)8-18(3)13(20)6-5-12-10(2)16-19(4)14(12)15/h5-7H,8H2,1-4H3. The second kappa shape index (κ2) is 6.13. The fourth-order valence-electron chi connectivity index (χ4n) is 1.93. The van der Waals surface area contributed by atoms with Gasteiger partial charge in [-0.1, -0.05) is 16.8 Å². The van der Waals surface area contributed by atoms with Crippen LogP contribution < -0.4 is 0 Å². The van der Waals surface area contributed by atoms with Crippen LogP contribution in [0.1, 0.15) is 22.7 Å². The summed E-state index contributed by atoms with van der Waals surface area (Å²) in [6.45, 7) is 4.05. The smallest absolute Gasteiger partial charge is 0.246 e. The molecular formula is C14H17ClN4O2. The number of carbonyl (C=O) groups excluding carboxylic acids is 1. The van der Waals surface area contributed by atoms with E-state index in [1.807, 2.05) is 13.8 Å². The first kappa shape index (κ1) is 15.3. The van der Waals surface area contributed by atoms with Crippen LogP contribution in [-0.4, -0.2) is 32.8 Å². The fraction of sp³-hybridized carbons (Fsp3) is 0.357. The Morgan fingerprint density at radius 3 is 2.76 bits per heavy atom. The third-order valence-electron chi connectivity index (χ3n) is 3.04. The van der Waals surface area contributed by atoms with Crippen LogP contribution in [0, 0.1) is 13.8 Å². The minimum absolute atomic E-state index is 0.144. The van der Waals surface area contributed by atoms with Crippen LogP contribution in [0.5, 0.6) is 0 Å². The van der Waals surface area contributed by atoms with Crippen LogP contribution in [0.4, 0.5) is 0 Å². The Bertz CT molecular complexity index is 687. The molecule has 1 amide bonds. The summed E-state index contributed by atoms with van der Waals surface area (Å²) >= 11 is 6.11. The van der Waals surface area contributed by atoms with E-state index >= 15 is 0 Å². The molecule has 0 aromatic carbocycles. The van der Waals surface area contributed by atoms with E-state index in [1.54, 1.807) is 35.8 Å². The first-order chi connectivity index (χ1) is 9.88. The molecule has 0 fully saturated rings. The summed E-state index contributed by atoms with van der Waals surface area (Å²) in [5.41, 5.74) is 2.24. The molecule has 2 aromatic heterocycles. The van der Waals surface area contributed by atoms with Crippen molar-refractivity contribution in [2.75, 3.05) is 7.05 Å².